The Kier molecular flexibility index (Phi) is 9.85. The van der Waals surface area contributed by atoms with Crippen molar-refractivity contribution in [2.75, 3.05) is 10.6 Å². The summed E-state index contributed by atoms with van der Waals surface area (Å²) < 4.78 is 17.7. The third-order valence-electron chi connectivity index (χ3n) is 7.08. The van der Waals surface area contributed by atoms with Gasteiger partial charge in [0, 0.05) is 32.5 Å². The Morgan fingerprint density at radius 1 is 0.490 bits per heavy atom. The number of carbonyl (C=O) groups excluding carboxylic acids is 2. The van der Waals surface area contributed by atoms with Crippen molar-refractivity contribution in [1.82, 2.24) is 0 Å². The number of ether oxygens (including phenoxy) is 3. The van der Waals surface area contributed by atoms with Crippen molar-refractivity contribution in [2.45, 2.75) is 0 Å². The summed E-state index contributed by atoms with van der Waals surface area (Å²) in [6, 6.07) is 36.0. The largest absolute Gasteiger partial charge is 0.507 e. The highest BCUT2D eigenvalue weighted by Gasteiger charge is 2.19. The van der Waals surface area contributed by atoms with Crippen molar-refractivity contribution < 1.29 is 34.0 Å². The summed E-state index contributed by atoms with van der Waals surface area (Å²) in [5, 5.41) is 27.1. The number of hydrogen-bond acceptors (Lipinski definition) is 7. The standard InChI is InChI=1S/C38H26Cl2N2O7/c39-25-7-5-9-27(21-25)41-37(45)48-35-19-23(29-11-1-3-13-31(29)43)15-17-33(35)47-34-18-16-24(30-12-2-4-14-32(30)44)20-36(34)49-38(46)42-28-10-6-8-26(40)22-28/h1-22,43-44H,(H,41,45)(H,42,46). The Morgan fingerprint density at radius 2 is 0.918 bits per heavy atom. The first-order chi connectivity index (χ1) is 23.7. The summed E-state index contributed by atoms with van der Waals surface area (Å²) in [5.41, 5.74) is 2.84. The van der Waals surface area contributed by atoms with Gasteiger partial charge in [-0.15, -0.1) is 0 Å². The fourth-order valence-electron chi connectivity index (χ4n) is 4.85. The van der Waals surface area contributed by atoms with Crippen molar-refractivity contribution in [3.63, 3.8) is 0 Å². The first-order valence-electron chi connectivity index (χ1n) is 14.7. The Morgan fingerprint density at radius 3 is 1.33 bits per heavy atom. The quantitative estimate of drug-likeness (QED) is 0.125. The molecule has 0 radical (unpaired) electrons. The van der Waals surface area contributed by atoms with Crippen LogP contribution in [0.4, 0.5) is 21.0 Å². The molecule has 6 aromatic carbocycles. The van der Waals surface area contributed by atoms with Crippen LogP contribution in [-0.4, -0.2) is 22.4 Å². The number of para-hydroxylation sites is 2. The number of rotatable bonds is 8. The number of anilines is 2. The zero-order valence-electron chi connectivity index (χ0n) is 25.4. The Hall–Kier alpha value is -6.16. The van der Waals surface area contributed by atoms with Gasteiger partial charge in [-0.1, -0.05) is 83.9 Å². The second-order valence-corrected chi connectivity index (χ2v) is 11.4. The van der Waals surface area contributed by atoms with Crippen LogP contribution in [0.5, 0.6) is 34.5 Å². The number of nitrogens with one attached hydrogen (secondary N) is 2. The van der Waals surface area contributed by atoms with Gasteiger partial charge in [-0.25, -0.2) is 9.59 Å². The zero-order chi connectivity index (χ0) is 34.3. The van der Waals surface area contributed by atoms with E-state index in [0.717, 1.165) is 0 Å². The van der Waals surface area contributed by atoms with Gasteiger partial charge in [-0.3, -0.25) is 10.6 Å². The minimum Gasteiger partial charge on any atom is -0.507 e. The molecule has 0 fully saturated rings. The molecule has 49 heavy (non-hydrogen) atoms. The van der Waals surface area contributed by atoms with Gasteiger partial charge < -0.3 is 24.4 Å². The molecule has 244 valence electrons. The number of amides is 2. The van der Waals surface area contributed by atoms with E-state index in [1.165, 1.54) is 24.3 Å². The van der Waals surface area contributed by atoms with Gasteiger partial charge in [0.05, 0.1) is 0 Å². The maximum absolute atomic E-state index is 13.1. The van der Waals surface area contributed by atoms with Gasteiger partial charge >= 0.3 is 12.2 Å². The maximum atomic E-state index is 13.1. The molecule has 4 N–H and O–H groups in total. The van der Waals surface area contributed by atoms with E-state index in [9.17, 15) is 19.8 Å². The average molecular weight is 694 g/mol. The smallest absolute Gasteiger partial charge is 0.417 e. The van der Waals surface area contributed by atoms with E-state index in [4.69, 9.17) is 37.4 Å². The predicted octanol–water partition coefficient (Wildman–Crippen LogP) is 10.8. The average Bonchev–Trinajstić information content (AvgIpc) is 3.07. The van der Waals surface area contributed by atoms with Gasteiger partial charge in [0.25, 0.3) is 0 Å². The highest BCUT2D eigenvalue weighted by Crippen LogP contribution is 2.42. The molecule has 0 aromatic heterocycles. The first-order valence-corrected chi connectivity index (χ1v) is 15.5. The van der Waals surface area contributed by atoms with Crippen molar-refractivity contribution in [3.8, 4) is 56.8 Å². The van der Waals surface area contributed by atoms with Crippen LogP contribution in [0.3, 0.4) is 0 Å². The number of benzene rings is 6. The van der Waals surface area contributed by atoms with Crippen LogP contribution in [-0.2, 0) is 0 Å². The molecular weight excluding hydrogens is 667 g/mol. The molecule has 6 aromatic rings. The molecule has 0 aliphatic carbocycles. The van der Waals surface area contributed by atoms with Crippen LogP contribution < -0.4 is 24.8 Å². The molecule has 0 saturated heterocycles. The molecule has 0 unspecified atom stereocenters. The molecule has 6 rings (SSSR count). The second kappa shape index (κ2) is 14.7. The normalized spacial score (nSPS) is 10.6. The second-order valence-electron chi connectivity index (χ2n) is 10.5. The van der Waals surface area contributed by atoms with E-state index in [1.54, 1.807) is 109 Å². The number of aromatic hydroxyl groups is 2. The Balaban J connectivity index is 1.36. The van der Waals surface area contributed by atoms with Crippen LogP contribution in [0, 0.1) is 0 Å². The van der Waals surface area contributed by atoms with E-state index in [2.05, 4.69) is 10.6 Å². The molecule has 11 heteroatoms. The molecule has 0 spiro atoms. The van der Waals surface area contributed by atoms with Gasteiger partial charge in [-0.2, -0.15) is 0 Å². The van der Waals surface area contributed by atoms with Crippen LogP contribution in [0.15, 0.2) is 133 Å². The summed E-state index contributed by atoms with van der Waals surface area (Å²) in [6.45, 7) is 0. The van der Waals surface area contributed by atoms with Crippen molar-refractivity contribution in [1.29, 1.82) is 0 Å². The lowest BCUT2D eigenvalue weighted by Crippen LogP contribution is -2.17. The fourth-order valence-corrected chi connectivity index (χ4v) is 5.23. The lowest BCUT2D eigenvalue weighted by Gasteiger charge is -2.17. The van der Waals surface area contributed by atoms with Crippen molar-refractivity contribution in [2.24, 2.45) is 0 Å². The summed E-state index contributed by atoms with van der Waals surface area (Å²) in [7, 11) is 0. The van der Waals surface area contributed by atoms with Crippen LogP contribution >= 0.6 is 23.2 Å². The third kappa shape index (κ3) is 8.23. The molecule has 0 aliphatic rings. The molecule has 9 nitrogen and oxygen atoms in total. The molecule has 0 saturated carbocycles. The Bertz CT molecular complexity index is 2020. The van der Waals surface area contributed by atoms with E-state index in [1.807, 2.05) is 0 Å². The highest BCUT2D eigenvalue weighted by molar-refractivity contribution is 6.31. The van der Waals surface area contributed by atoms with Gasteiger partial charge in [-0.05, 0) is 83.9 Å². The van der Waals surface area contributed by atoms with E-state index >= 15 is 0 Å². The molecular formula is C38H26Cl2N2O7. The maximum Gasteiger partial charge on any atom is 0.417 e. The van der Waals surface area contributed by atoms with E-state index in [0.29, 0.717) is 43.7 Å². The minimum absolute atomic E-state index is 0.0145. The fraction of sp³-hybridized carbons (Fsp3) is 0. The molecule has 0 heterocycles. The number of hydrogen-bond donors (Lipinski definition) is 4. The van der Waals surface area contributed by atoms with Crippen molar-refractivity contribution in [3.05, 3.63) is 144 Å². The topological polar surface area (TPSA) is 126 Å². The van der Waals surface area contributed by atoms with Gasteiger partial charge in [0.15, 0.2) is 23.0 Å². The summed E-state index contributed by atoms with van der Waals surface area (Å²) >= 11 is 12.1. The first kappa shape index (κ1) is 32.8. The number of phenols is 2. The zero-order valence-corrected chi connectivity index (χ0v) is 26.9. The summed E-state index contributed by atoms with van der Waals surface area (Å²) in [5.74, 6) is 0.170. The lowest BCUT2D eigenvalue weighted by molar-refractivity contribution is 0.212. The molecule has 0 atom stereocenters. The summed E-state index contributed by atoms with van der Waals surface area (Å²) in [4.78, 5) is 26.1. The predicted molar refractivity (Wildman–Crippen MR) is 189 cm³/mol. The summed E-state index contributed by atoms with van der Waals surface area (Å²) in [6.07, 6.45) is -1.68. The monoisotopic (exact) mass is 692 g/mol. The van der Waals surface area contributed by atoms with Crippen LogP contribution in [0.25, 0.3) is 22.3 Å². The molecule has 2 amide bonds. The number of halogens is 2. The van der Waals surface area contributed by atoms with Crippen LogP contribution in [0.1, 0.15) is 0 Å². The minimum atomic E-state index is -0.839. The Labute approximate surface area is 290 Å². The molecule has 0 aliphatic heterocycles. The van der Waals surface area contributed by atoms with Crippen LogP contribution in [0.2, 0.25) is 10.0 Å². The van der Waals surface area contributed by atoms with Gasteiger partial charge in [0.1, 0.15) is 11.5 Å². The number of carbonyl (C=O) groups is 2. The molecule has 0 bridgehead atoms. The highest BCUT2D eigenvalue weighted by atomic mass is 35.5. The van der Waals surface area contributed by atoms with Gasteiger partial charge in [0.2, 0.25) is 0 Å². The third-order valence-corrected chi connectivity index (χ3v) is 7.55. The SMILES string of the molecule is O=C(Nc1cccc(Cl)c1)Oc1cc(-c2ccccc2O)ccc1Oc1ccc(-c2ccccc2O)cc1OC(=O)Nc1cccc(Cl)c1. The lowest BCUT2D eigenvalue weighted by atomic mass is 10.0. The van der Waals surface area contributed by atoms with E-state index in [-0.39, 0.29) is 34.5 Å². The van der Waals surface area contributed by atoms with E-state index < -0.39 is 12.2 Å². The number of phenolic OH excluding ortho intramolecular Hbond substituents is 2. The van der Waals surface area contributed by atoms with Crippen molar-refractivity contribution >= 4 is 46.8 Å².